The highest BCUT2D eigenvalue weighted by atomic mass is 32.1. The van der Waals surface area contributed by atoms with Crippen molar-refractivity contribution >= 4 is 45.3 Å². The molecule has 0 radical (unpaired) electrons. The van der Waals surface area contributed by atoms with E-state index in [1.54, 1.807) is 22.7 Å². The summed E-state index contributed by atoms with van der Waals surface area (Å²) in [5.41, 5.74) is 1.02. The standard InChI is InChI=1S/C19H13NS2/c1-2-7-16-14(5-1)6-3-8-17(16)20-13-15-10-11-19(22-15)18-9-4-12-21-18/h1-13H. The van der Waals surface area contributed by atoms with Gasteiger partial charge < -0.3 is 0 Å². The molecule has 0 unspecified atom stereocenters. The molecule has 0 aliphatic rings. The topological polar surface area (TPSA) is 12.4 Å². The summed E-state index contributed by atoms with van der Waals surface area (Å²) in [7, 11) is 0. The van der Waals surface area contributed by atoms with E-state index in [0.29, 0.717) is 0 Å². The third-order valence-corrected chi connectivity index (χ3v) is 5.57. The molecular formula is C19H13NS2. The molecule has 4 rings (SSSR count). The van der Waals surface area contributed by atoms with Crippen LogP contribution < -0.4 is 0 Å². The molecule has 0 saturated heterocycles. The first-order chi connectivity index (χ1) is 10.9. The lowest BCUT2D eigenvalue weighted by atomic mass is 10.1. The van der Waals surface area contributed by atoms with E-state index in [1.165, 1.54) is 25.4 Å². The molecule has 22 heavy (non-hydrogen) atoms. The maximum absolute atomic E-state index is 4.69. The van der Waals surface area contributed by atoms with E-state index in [9.17, 15) is 0 Å². The molecule has 0 aliphatic carbocycles. The van der Waals surface area contributed by atoms with Crippen LogP contribution in [0.5, 0.6) is 0 Å². The van der Waals surface area contributed by atoms with Crippen LogP contribution in [0.1, 0.15) is 4.88 Å². The van der Waals surface area contributed by atoms with Crippen molar-refractivity contribution in [1.82, 2.24) is 0 Å². The van der Waals surface area contributed by atoms with Gasteiger partial charge in [0.25, 0.3) is 0 Å². The van der Waals surface area contributed by atoms with Gasteiger partial charge in [-0.2, -0.15) is 0 Å². The van der Waals surface area contributed by atoms with Crippen LogP contribution in [0.25, 0.3) is 20.5 Å². The lowest BCUT2D eigenvalue weighted by Gasteiger charge is -2.00. The van der Waals surface area contributed by atoms with E-state index in [4.69, 9.17) is 0 Å². The summed E-state index contributed by atoms with van der Waals surface area (Å²) in [4.78, 5) is 8.48. The Morgan fingerprint density at radius 3 is 2.59 bits per heavy atom. The Kier molecular flexibility index (Phi) is 3.59. The lowest BCUT2D eigenvalue weighted by molar-refractivity contribution is 1.58. The van der Waals surface area contributed by atoms with Crippen molar-refractivity contribution in [3.05, 3.63) is 77.0 Å². The Labute approximate surface area is 137 Å². The van der Waals surface area contributed by atoms with E-state index < -0.39 is 0 Å². The molecular weight excluding hydrogens is 306 g/mol. The summed E-state index contributed by atoms with van der Waals surface area (Å²) in [6.45, 7) is 0. The summed E-state index contributed by atoms with van der Waals surface area (Å²) in [6.07, 6.45) is 1.96. The highest BCUT2D eigenvalue weighted by Gasteiger charge is 2.02. The van der Waals surface area contributed by atoms with Crippen LogP contribution in [-0.2, 0) is 0 Å². The Balaban J connectivity index is 1.66. The molecule has 0 aliphatic heterocycles. The van der Waals surface area contributed by atoms with E-state index >= 15 is 0 Å². The van der Waals surface area contributed by atoms with Gasteiger partial charge in [0.15, 0.2) is 0 Å². The molecule has 0 fully saturated rings. The second kappa shape index (κ2) is 5.87. The molecule has 0 amide bonds. The fourth-order valence-corrected chi connectivity index (χ4v) is 4.14. The number of hydrogen-bond acceptors (Lipinski definition) is 3. The molecule has 0 bridgehead atoms. The maximum Gasteiger partial charge on any atom is 0.0708 e. The second-order valence-electron chi connectivity index (χ2n) is 4.94. The summed E-state index contributed by atoms with van der Waals surface area (Å²) >= 11 is 3.55. The van der Waals surface area contributed by atoms with Gasteiger partial charge in [-0.3, -0.25) is 4.99 Å². The largest absolute Gasteiger partial charge is 0.255 e. The van der Waals surface area contributed by atoms with Crippen molar-refractivity contribution in [2.75, 3.05) is 0 Å². The predicted octanol–water partition coefficient (Wildman–Crippen LogP) is 6.38. The third-order valence-electron chi connectivity index (χ3n) is 3.49. The highest BCUT2D eigenvalue weighted by Crippen LogP contribution is 2.31. The second-order valence-corrected chi connectivity index (χ2v) is 7.00. The number of fused-ring (bicyclic) bond motifs is 1. The number of hydrogen-bond donors (Lipinski definition) is 0. The molecule has 0 N–H and O–H groups in total. The first kappa shape index (κ1) is 13.4. The molecule has 0 spiro atoms. The van der Waals surface area contributed by atoms with E-state index in [1.807, 2.05) is 6.21 Å². The normalized spacial score (nSPS) is 11.5. The van der Waals surface area contributed by atoms with Gasteiger partial charge in [0.2, 0.25) is 0 Å². The predicted molar refractivity (Wildman–Crippen MR) is 98.8 cm³/mol. The molecule has 1 nitrogen and oxygen atoms in total. The van der Waals surface area contributed by atoms with Crippen molar-refractivity contribution in [2.45, 2.75) is 0 Å². The zero-order chi connectivity index (χ0) is 14.8. The van der Waals surface area contributed by atoms with Crippen LogP contribution in [0.4, 0.5) is 5.69 Å². The third kappa shape index (κ3) is 2.61. The molecule has 4 aromatic rings. The zero-order valence-electron chi connectivity index (χ0n) is 11.8. The smallest absolute Gasteiger partial charge is 0.0708 e. The minimum Gasteiger partial charge on any atom is -0.255 e. The Morgan fingerprint density at radius 1 is 0.773 bits per heavy atom. The maximum atomic E-state index is 4.69. The number of rotatable bonds is 3. The van der Waals surface area contributed by atoms with Gasteiger partial charge in [-0.25, -0.2) is 0 Å². The monoisotopic (exact) mass is 319 g/mol. The molecule has 0 saturated carbocycles. The minimum absolute atomic E-state index is 1.02. The van der Waals surface area contributed by atoms with Gasteiger partial charge in [-0.05, 0) is 35.0 Å². The average Bonchev–Trinajstić information content (AvgIpc) is 3.24. The van der Waals surface area contributed by atoms with Gasteiger partial charge in [0.05, 0.1) is 5.69 Å². The average molecular weight is 319 g/mol. The van der Waals surface area contributed by atoms with Crippen LogP contribution in [-0.4, -0.2) is 6.21 Å². The van der Waals surface area contributed by atoms with Gasteiger partial charge in [0.1, 0.15) is 0 Å². The molecule has 3 heteroatoms. The van der Waals surface area contributed by atoms with Crippen molar-refractivity contribution < 1.29 is 0 Å². The molecule has 2 aromatic heterocycles. The molecule has 2 heterocycles. The van der Waals surface area contributed by atoms with Crippen LogP contribution >= 0.6 is 22.7 Å². The van der Waals surface area contributed by atoms with E-state index in [0.717, 1.165) is 5.69 Å². The Hall–Kier alpha value is -2.23. The van der Waals surface area contributed by atoms with E-state index in [-0.39, 0.29) is 0 Å². The summed E-state index contributed by atoms with van der Waals surface area (Å²) in [5.74, 6) is 0. The van der Waals surface area contributed by atoms with Crippen LogP contribution in [0.15, 0.2) is 77.1 Å². The van der Waals surface area contributed by atoms with E-state index in [2.05, 4.69) is 77.1 Å². The quantitative estimate of drug-likeness (QED) is 0.388. The van der Waals surface area contributed by atoms with Crippen LogP contribution in [0.3, 0.4) is 0 Å². The van der Waals surface area contributed by atoms with Crippen molar-refractivity contribution in [2.24, 2.45) is 4.99 Å². The van der Waals surface area contributed by atoms with Gasteiger partial charge in [-0.15, -0.1) is 22.7 Å². The first-order valence-corrected chi connectivity index (χ1v) is 8.75. The lowest BCUT2D eigenvalue weighted by Crippen LogP contribution is -1.75. The Morgan fingerprint density at radius 2 is 1.68 bits per heavy atom. The summed E-state index contributed by atoms with van der Waals surface area (Å²) in [5, 5.41) is 4.53. The first-order valence-electron chi connectivity index (χ1n) is 7.06. The summed E-state index contributed by atoms with van der Waals surface area (Å²) in [6, 6.07) is 23.1. The van der Waals surface area contributed by atoms with Crippen LogP contribution in [0.2, 0.25) is 0 Å². The van der Waals surface area contributed by atoms with Gasteiger partial charge in [-0.1, -0.05) is 42.5 Å². The SMILES string of the molecule is C(=Nc1cccc2ccccc12)c1ccc(-c2cccs2)s1. The van der Waals surface area contributed by atoms with Crippen molar-refractivity contribution in [1.29, 1.82) is 0 Å². The van der Waals surface area contributed by atoms with Crippen molar-refractivity contribution in [3.63, 3.8) is 0 Å². The Bertz CT molecular complexity index is 928. The molecule has 0 atom stereocenters. The van der Waals surface area contributed by atoms with Crippen LogP contribution in [0, 0.1) is 0 Å². The number of benzene rings is 2. The van der Waals surface area contributed by atoms with Gasteiger partial charge in [0, 0.05) is 26.2 Å². The zero-order valence-corrected chi connectivity index (χ0v) is 13.4. The number of aliphatic imine (C=N–C) groups is 1. The molecule has 106 valence electrons. The van der Waals surface area contributed by atoms with Crippen molar-refractivity contribution in [3.8, 4) is 9.75 Å². The van der Waals surface area contributed by atoms with Gasteiger partial charge >= 0.3 is 0 Å². The molecule has 2 aromatic carbocycles. The fourth-order valence-electron chi connectivity index (χ4n) is 2.43. The summed E-state index contributed by atoms with van der Waals surface area (Å²) < 4.78 is 0. The highest BCUT2D eigenvalue weighted by molar-refractivity contribution is 7.22. The number of thiophene rings is 2. The minimum atomic E-state index is 1.02. The number of nitrogens with zero attached hydrogens (tertiary/aromatic N) is 1. The fraction of sp³-hybridized carbons (Fsp3) is 0.